The second kappa shape index (κ2) is 12.9. The third-order valence-electron chi connectivity index (χ3n) is 5.20. The minimum Gasteiger partial charge on any atom is -0.444 e. The molecule has 0 aliphatic rings. The average Bonchev–Trinajstić information content (AvgIpc) is 2.76. The molecule has 0 aliphatic carbocycles. The fraction of sp³-hybridized carbons (Fsp3) is 0.500. The largest absolute Gasteiger partial charge is 0.514 e. The lowest BCUT2D eigenvalue weighted by Crippen LogP contribution is -2.50. The van der Waals surface area contributed by atoms with Crippen LogP contribution in [0.1, 0.15) is 66.0 Å². The number of carbonyl (C=O) groups excluding carboxylic acids is 2. The van der Waals surface area contributed by atoms with Crippen molar-refractivity contribution in [1.29, 1.82) is 0 Å². The van der Waals surface area contributed by atoms with E-state index in [1.54, 1.807) is 66.7 Å². The highest BCUT2D eigenvalue weighted by atomic mass is 35.5. The van der Waals surface area contributed by atoms with Gasteiger partial charge < -0.3 is 24.6 Å². The van der Waals surface area contributed by atoms with E-state index in [9.17, 15) is 27.9 Å². The molecular formula is C28H35ClF3NO6S. The molecule has 0 aliphatic heterocycles. The number of benzene rings is 2. The Morgan fingerprint density at radius 2 is 1.57 bits per heavy atom. The lowest BCUT2D eigenvalue weighted by molar-refractivity contribution is -0.137. The van der Waals surface area contributed by atoms with Crippen molar-refractivity contribution < 1.29 is 42.1 Å². The highest BCUT2D eigenvalue weighted by Gasteiger charge is 2.32. The molecule has 7 nitrogen and oxygen atoms in total. The van der Waals surface area contributed by atoms with Gasteiger partial charge in [0.1, 0.15) is 17.0 Å². The van der Waals surface area contributed by atoms with E-state index in [0.717, 1.165) is 30.0 Å². The van der Waals surface area contributed by atoms with E-state index < -0.39 is 40.7 Å². The van der Waals surface area contributed by atoms with Crippen molar-refractivity contribution >= 4 is 35.6 Å². The molecule has 0 radical (unpaired) electrons. The molecule has 40 heavy (non-hydrogen) atoms. The zero-order chi connectivity index (χ0) is 30.5. The van der Waals surface area contributed by atoms with Crippen LogP contribution in [0.25, 0.3) is 0 Å². The van der Waals surface area contributed by atoms with Crippen molar-refractivity contribution in [3.63, 3.8) is 0 Å². The normalized spacial score (nSPS) is 13.8. The fourth-order valence-corrected chi connectivity index (χ4v) is 4.57. The second-order valence-electron chi connectivity index (χ2n) is 11.4. The van der Waals surface area contributed by atoms with Crippen LogP contribution in [0.3, 0.4) is 0 Å². The Hall–Kier alpha value is -2.63. The van der Waals surface area contributed by atoms with Gasteiger partial charge in [-0.1, -0.05) is 29.4 Å². The Morgan fingerprint density at radius 3 is 2.10 bits per heavy atom. The molecule has 0 saturated carbocycles. The standard InChI is InChI=1S/C28H35ClF3NO6S/c1-25(2,3)38-23(35)33-27(7,16-34)13-12-17-8-10-19(15-20(17)29)40-22-14-18(28(30,31)32)9-11-21(22)37-24(36)39-26(4,5)6/h8-11,14-15,34H,12-13,16H2,1-7H3,(H,33,35)/t27-/m0/s1. The van der Waals surface area contributed by atoms with Crippen LogP contribution in [0.5, 0.6) is 5.75 Å². The molecule has 0 heterocycles. The van der Waals surface area contributed by atoms with Crippen molar-refractivity contribution in [1.82, 2.24) is 5.32 Å². The zero-order valence-corrected chi connectivity index (χ0v) is 25.1. The monoisotopic (exact) mass is 605 g/mol. The summed E-state index contributed by atoms with van der Waals surface area (Å²) in [6.45, 7) is 11.4. The molecule has 2 rings (SSSR count). The summed E-state index contributed by atoms with van der Waals surface area (Å²) in [5.74, 6) is -0.0978. The van der Waals surface area contributed by atoms with Crippen LogP contribution in [-0.2, 0) is 22.1 Å². The molecule has 1 amide bonds. The Morgan fingerprint density at radius 1 is 0.950 bits per heavy atom. The number of aryl methyl sites for hydroxylation is 1. The Balaban J connectivity index is 2.23. The molecule has 2 N–H and O–H groups in total. The minimum atomic E-state index is -4.60. The van der Waals surface area contributed by atoms with Gasteiger partial charge in [0.2, 0.25) is 0 Å². The number of amides is 1. The van der Waals surface area contributed by atoms with Crippen molar-refractivity contribution in [3.8, 4) is 5.75 Å². The minimum absolute atomic E-state index is 0.0407. The van der Waals surface area contributed by atoms with E-state index in [1.807, 2.05) is 0 Å². The maximum Gasteiger partial charge on any atom is 0.514 e. The highest BCUT2D eigenvalue weighted by Crippen LogP contribution is 2.41. The van der Waals surface area contributed by atoms with Crippen molar-refractivity contribution in [2.24, 2.45) is 0 Å². The summed E-state index contributed by atoms with van der Waals surface area (Å²) < 4.78 is 55.8. The van der Waals surface area contributed by atoms with Crippen molar-refractivity contribution in [2.45, 2.75) is 94.0 Å². The molecule has 0 bridgehead atoms. The maximum absolute atomic E-state index is 13.4. The third kappa shape index (κ3) is 11.1. The molecule has 2 aromatic carbocycles. The molecule has 12 heteroatoms. The number of hydrogen-bond acceptors (Lipinski definition) is 7. The Bertz CT molecular complexity index is 1210. The number of rotatable bonds is 8. The van der Waals surface area contributed by atoms with Gasteiger partial charge in [-0.05, 0) is 97.2 Å². The summed E-state index contributed by atoms with van der Waals surface area (Å²) in [5, 5.41) is 12.9. The van der Waals surface area contributed by atoms with Crippen LogP contribution in [0.15, 0.2) is 46.2 Å². The van der Waals surface area contributed by atoms with E-state index >= 15 is 0 Å². The summed E-state index contributed by atoms with van der Waals surface area (Å²) in [7, 11) is 0. The van der Waals surface area contributed by atoms with Gasteiger partial charge in [-0.2, -0.15) is 13.2 Å². The Labute approximate surface area is 241 Å². The fourth-order valence-electron chi connectivity index (χ4n) is 3.27. The molecule has 1 atom stereocenters. The second-order valence-corrected chi connectivity index (χ2v) is 12.9. The van der Waals surface area contributed by atoms with Crippen LogP contribution in [0.2, 0.25) is 5.02 Å². The molecule has 2 aromatic rings. The van der Waals surface area contributed by atoms with Crippen LogP contribution in [-0.4, -0.2) is 40.7 Å². The van der Waals surface area contributed by atoms with E-state index in [1.165, 1.54) is 0 Å². The predicted molar refractivity (Wildman–Crippen MR) is 147 cm³/mol. The van der Waals surface area contributed by atoms with Gasteiger partial charge in [-0.15, -0.1) is 0 Å². The first-order valence-corrected chi connectivity index (χ1v) is 13.6. The molecule has 0 spiro atoms. The number of carbonyl (C=O) groups is 2. The van der Waals surface area contributed by atoms with Crippen LogP contribution >= 0.6 is 23.4 Å². The summed E-state index contributed by atoms with van der Waals surface area (Å²) >= 11 is 7.43. The lowest BCUT2D eigenvalue weighted by atomic mass is 9.94. The zero-order valence-electron chi connectivity index (χ0n) is 23.5. The highest BCUT2D eigenvalue weighted by molar-refractivity contribution is 7.99. The van der Waals surface area contributed by atoms with Gasteiger partial charge in [0.25, 0.3) is 0 Å². The van der Waals surface area contributed by atoms with E-state index in [0.29, 0.717) is 28.3 Å². The number of alkyl halides is 3. The summed E-state index contributed by atoms with van der Waals surface area (Å²) in [5.41, 5.74) is -2.74. The quantitative estimate of drug-likeness (QED) is 0.232. The number of alkyl carbamates (subject to hydrolysis) is 1. The predicted octanol–water partition coefficient (Wildman–Crippen LogP) is 8.03. The SMILES string of the molecule is CC(C)(C)OC(=O)N[C@](C)(CO)CCc1ccc(Sc2cc(C(F)(F)F)ccc2OC(=O)OC(C)(C)C)cc1Cl. The van der Waals surface area contributed by atoms with Gasteiger partial charge in [0, 0.05) is 9.92 Å². The van der Waals surface area contributed by atoms with Crippen LogP contribution in [0, 0.1) is 0 Å². The third-order valence-corrected chi connectivity index (χ3v) is 6.58. The van der Waals surface area contributed by atoms with Gasteiger partial charge in [0.05, 0.1) is 22.6 Å². The summed E-state index contributed by atoms with van der Waals surface area (Å²) in [4.78, 5) is 24.9. The van der Waals surface area contributed by atoms with Crippen molar-refractivity contribution in [3.05, 3.63) is 52.5 Å². The molecular weight excluding hydrogens is 571 g/mol. The van der Waals surface area contributed by atoms with Gasteiger partial charge >= 0.3 is 18.4 Å². The number of aliphatic hydroxyl groups excluding tert-OH is 1. The number of ether oxygens (including phenoxy) is 3. The smallest absolute Gasteiger partial charge is 0.444 e. The topological polar surface area (TPSA) is 94.1 Å². The Kier molecular flexibility index (Phi) is 10.8. The first kappa shape index (κ1) is 33.6. The van der Waals surface area contributed by atoms with E-state index in [-0.39, 0.29) is 17.3 Å². The molecule has 222 valence electrons. The molecule has 0 aromatic heterocycles. The lowest BCUT2D eigenvalue weighted by Gasteiger charge is -2.30. The molecule has 0 saturated heterocycles. The number of aliphatic hydroxyl groups is 1. The van der Waals surface area contributed by atoms with E-state index in [2.05, 4.69) is 5.32 Å². The summed E-state index contributed by atoms with van der Waals surface area (Å²) in [6.07, 6.45) is -5.60. The first-order chi connectivity index (χ1) is 18.2. The number of halogens is 4. The van der Waals surface area contributed by atoms with Gasteiger partial charge in [0.15, 0.2) is 0 Å². The molecule has 0 fully saturated rings. The van der Waals surface area contributed by atoms with Crippen LogP contribution in [0.4, 0.5) is 22.8 Å². The van der Waals surface area contributed by atoms with Crippen molar-refractivity contribution in [2.75, 3.05) is 6.61 Å². The number of nitrogens with one attached hydrogen (secondary N) is 1. The van der Waals surface area contributed by atoms with Gasteiger partial charge in [-0.25, -0.2) is 9.59 Å². The number of hydrogen-bond donors (Lipinski definition) is 2. The maximum atomic E-state index is 13.4. The summed E-state index contributed by atoms with van der Waals surface area (Å²) in [6, 6.07) is 7.73. The average molecular weight is 606 g/mol. The van der Waals surface area contributed by atoms with E-state index in [4.69, 9.17) is 25.8 Å². The van der Waals surface area contributed by atoms with Gasteiger partial charge in [-0.3, -0.25) is 0 Å². The van der Waals surface area contributed by atoms with Crippen LogP contribution < -0.4 is 10.1 Å². The molecule has 0 unspecified atom stereocenters. The first-order valence-electron chi connectivity index (χ1n) is 12.4.